The Bertz CT molecular complexity index is 1290. The number of nitrogens with zero attached hydrogens (tertiary/aromatic N) is 8. The highest BCUT2D eigenvalue weighted by Gasteiger charge is 2.38. The monoisotopic (exact) mass is 560 g/mol. The number of aromatic nitrogens is 3. The van der Waals surface area contributed by atoms with Crippen molar-refractivity contribution in [2.75, 3.05) is 56.2 Å². The maximum absolute atomic E-state index is 13.7. The molecule has 2 fully saturated rings. The fraction of sp³-hybridized carbons (Fsp3) is 0.577. The van der Waals surface area contributed by atoms with E-state index in [4.69, 9.17) is 9.72 Å². The molecule has 5 rings (SSSR count). The molecule has 0 radical (unpaired) electrons. The van der Waals surface area contributed by atoms with Crippen molar-refractivity contribution in [3.63, 3.8) is 0 Å². The normalized spacial score (nSPS) is 21.7. The SMILES string of the molecule is CN1CCC[C@H]1COc1nc2c(c(N3CCN(C(=O)O)C(CC#N)C3)n1)CCN(c1ncccc1C(F)(F)F)C2. The number of alkyl halides is 3. The third-order valence-corrected chi connectivity index (χ3v) is 7.85. The number of pyridine rings is 1. The molecule has 1 N–H and O–H groups in total. The maximum atomic E-state index is 13.7. The van der Waals surface area contributed by atoms with Crippen LogP contribution in [0.15, 0.2) is 18.3 Å². The van der Waals surface area contributed by atoms with Crippen LogP contribution >= 0.6 is 0 Å². The molecule has 2 aromatic heterocycles. The highest BCUT2D eigenvalue weighted by atomic mass is 19.4. The summed E-state index contributed by atoms with van der Waals surface area (Å²) in [6, 6.07) is 4.15. The summed E-state index contributed by atoms with van der Waals surface area (Å²) in [5.74, 6) is 0.421. The Kier molecular flexibility index (Phi) is 7.84. The Labute approximate surface area is 229 Å². The van der Waals surface area contributed by atoms with E-state index in [1.165, 1.54) is 17.2 Å². The Balaban J connectivity index is 1.47. The van der Waals surface area contributed by atoms with Gasteiger partial charge in [0, 0.05) is 44.0 Å². The third-order valence-electron chi connectivity index (χ3n) is 7.85. The number of amides is 1. The van der Waals surface area contributed by atoms with Gasteiger partial charge in [0.2, 0.25) is 0 Å². The number of halogens is 3. The Hall–Kier alpha value is -3.86. The van der Waals surface area contributed by atoms with E-state index in [-0.39, 0.29) is 50.5 Å². The molecule has 0 saturated carbocycles. The van der Waals surface area contributed by atoms with Crippen LogP contribution in [0.25, 0.3) is 0 Å². The molecule has 5 heterocycles. The smallest absolute Gasteiger partial charge is 0.419 e. The summed E-state index contributed by atoms with van der Waals surface area (Å²) in [5.41, 5.74) is 0.519. The first kappa shape index (κ1) is 27.7. The first-order valence-corrected chi connectivity index (χ1v) is 13.3. The molecular formula is C26H31F3N8O3. The summed E-state index contributed by atoms with van der Waals surface area (Å²) in [7, 11) is 2.03. The van der Waals surface area contributed by atoms with Gasteiger partial charge < -0.3 is 29.4 Å². The van der Waals surface area contributed by atoms with Crippen molar-refractivity contribution in [2.24, 2.45) is 0 Å². The number of carboxylic acid groups (broad SMARTS) is 1. The van der Waals surface area contributed by atoms with Crippen LogP contribution in [0, 0.1) is 11.3 Å². The van der Waals surface area contributed by atoms with Crippen LogP contribution in [0.2, 0.25) is 0 Å². The number of rotatable bonds is 6. The average molecular weight is 561 g/mol. The summed E-state index contributed by atoms with van der Waals surface area (Å²) in [6.07, 6.45) is -1.85. The maximum Gasteiger partial charge on any atom is 0.419 e. The number of hydrogen-bond donors (Lipinski definition) is 1. The van der Waals surface area contributed by atoms with Crippen LogP contribution in [0.5, 0.6) is 6.01 Å². The number of ether oxygens (including phenoxy) is 1. The molecule has 14 heteroatoms. The largest absolute Gasteiger partial charge is 0.465 e. The lowest BCUT2D eigenvalue weighted by atomic mass is 10.0. The number of hydrogen-bond acceptors (Lipinski definition) is 9. The lowest BCUT2D eigenvalue weighted by Gasteiger charge is -2.41. The zero-order valence-corrected chi connectivity index (χ0v) is 22.1. The minimum absolute atomic E-state index is 0.0289. The highest BCUT2D eigenvalue weighted by Crippen LogP contribution is 2.38. The molecule has 0 aliphatic carbocycles. The lowest BCUT2D eigenvalue weighted by molar-refractivity contribution is -0.137. The van der Waals surface area contributed by atoms with Crippen molar-refractivity contribution in [2.45, 2.75) is 50.5 Å². The zero-order chi connectivity index (χ0) is 28.4. The van der Waals surface area contributed by atoms with Gasteiger partial charge in [0.25, 0.3) is 0 Å². The number of anilines is 2. The molecule has 0 aromatic carbocycles. The number of likely N-dealkylation sites (tertiary alicyclic amines) is 1. The van der Waals surface area contributed by atoms with Crippen LogP contribution in [-0.4, -0.2) is 94.4 Å². The molecule has 0 spiro atoms. The average Bonchev–Trinajstić information content (AvgIpc) is 3.35. The third kappa shape index (κ3) is 5.70. The van der Waals surface area contributed by atoms with E-state index in [1.807, 2.05) is 11.9 Å². The van der Waals surface area contributed by atoms with Crippen molar-refractivity contribution >= 4 is 17.7 Å². The second-order valence-electron chi connectivity index (χ2n) is 10.3. The summed E-state index contributed by atoms with van der Waals surface area (Å²) in [4.78, 5) is 32.1. The van der Waals surface area contributed by atoms with E-state index in [2.05, 4.69) is 20.9 Å². The second kappa shape index (κ2) is 11.3. The van der Waals surface area contributed by atoms with E-state index in [0.717, 1.165) is 31.0 Å². The molecule has 1 amide bonds. The molecule has 1 unspecified atom stereocenters. The number of fused-ring (bicyclic) bond motifs is 1. The van der Waals surface area contributed by atoms with Crippen molar-refractivity contribution in [3.8, 4) is 12.1 Å². The summed E-state index contributed by atoms with van der Waals surface area (Å²) in [5, 5.41) is 18.9. The van der Waals surface area contributed by atoms with Gasteiger partial charge in [-0.1, -0.05) is 0 Å². The van der Waals surface area contributed by atoms with Gasteiger partial charge in [0.05, 0.1) is 36.3 Å². The standard InChI is InChI=1S/C26H31F3N8O3/c1-34-10-3-4-18(34)16-40-24-32-21-15-35(23-20(26(27,28)29)5-2-9-31-23)11-7-19(21)22(33-24)36-12-13-37(25(38)39)17(14-36)6-8-30/h2,5,9,17-18H,3-4,6-7,10-16H2,1H3,(H,38,39)/t17?,18-/m0/s1. The van der Waals surface area contributed by atoms with Crippen molar-refractivity contribution in [1.82, 2.24) is 24.8 Å². The Morgan fingerprint density at radius 1 is 1.18 bits per heavy atom. The molecular weight excluding hydrogens is 529 g/mol. The first-order chi connectivity index (χ1) is 19.2. The van der Waals surface area contributed by atoms with Crippen molar-refractivity contribution < 1.29 is 27.8 Å². The van der Waals surface area contributed by atoms with Gasteiger partial charge in [-0.2, -0.15) is 28.4 Å². The molecule has 214 valence electrons. The predicted molar refractivity (Wildman–Crippen MR) is 138 cm³/mol. The molecule has 2 atom stereocenters. The van der Waals surface area contributed by atoms with Crippen molar-refractivity contribution in [1.29, 1.82) is 5.26 Å². The van der Waals surface area contributed by atoms with Gasteiger partial charge >= 0.3 is 18.3 Å². The molecule has 2 aromatic rings. The fourth-order valence-corrected chi connectivity index (χ4v) is 5.71. The zero-order valence-electron chi connectivity index (χ0n) is 22.1. The van der Waals surface area contributed by atoms with Gasteiger partial charge in [-0.25, -0.2) is 9.78 Å². The molecule has 11 nitrogen and oxygen atoms in total. The molecule has 2 saturated heterocycles. The number of carbonyl (C=O) groups is 1. The Morgan fingerprint density at radius 2 is 2.00 bits per heavy atom. The van der Waals surface area contributed by atoms with E-state index < -0.39 is 23.9 Å². The quantitative estimate of drug-likeness (QED) is 0.564. The molecule has 3 aliphatic heterocycles. The number of piperazine rings is 1. The first-order valence-electron chi connectivity index (χ1n) is 13.3. The van der Waals surface area contributed by atoms with Gasteiger partial charge in [0.1, 0.15) is 18.2 Å². The molecule has 40 heavy (non-hydrogen) atoms. The number of likely N-dealkylation sites (N-methyl/N-ethyl adjacent to an activating group) is 1. The molecule has 3 aliphatic rings. The summed E-state index contributed by atoms with van der Waals surface area (Å²) in [6.45, 7) is 2.51. The minimum atomic E-state index is -4.55. The summed E-state index contributed by atoms with van der Waals surface area (Å²) < 4.78 is 47.3. The van der Waals surface area contributed by atoms with E-state index in [1.54, 1.807) is 4.90 Å². The molecule has 0 bridgehead atoms. The van der Waals surface area contributed by atoms with Crippen LogP contribution in [0.1, 0.15) is 36.1 Å². The van der Waals surface area contributed by atoms with Gasteiger partial charge in [-0.3, -0.25) is 0 Å². The van der Waals surface area contributed by atoms with Crippen LogP contribution in [-0.2, 0) is 19.1 Å². The fourth-order valence-electron chi connectivity index (χ4n) is 5.71. The van der Waals surface area contributed by atoms with Crippen LogP contribution in [0.4, 0.5) is 29.6 Å². The van der Waals surface area contributed by atoms with Crippen molar-refractivity contribution in [3.05, 3.63) is 35.2 Å². The Morgan fingerprint density at radius 3 is 2.70 bits per heavy atom. The van der Waals surface area contributed by atoms with Gasteiger partial charge in [0.15, 0.2) is 0 Å². The second-order valence-corrected chi connectivity index (χ2v) is 10.3. The minimum Gasteiger partial charge on any atom is -0.465 e. The highest BCUT2D eigenvalue weighted by molar-refractivity contribution is 5.66. The summed E-state index contributed by atoms with van der Waals surface area (Å²) >= 11 is 0. The number of nitriles is 1. The van der Waals surface area contributed by atoms with Gasteiger partial charge in [-0.15, -0.1) is 0 Å². The van der Waals surface area contributed by atoms with E-state index in [0.29, 0.717) is 31.1 Å². The topological polar surface area (TPSA) is 122 Å². The van der Waals surface area contributed by atoms with E-state index in [9.17, 15) is 28.3 Å². The van der Waals surface area contributed by atoms with Crippen LogP contribution in [0.3, 0.4) is 0 Å². The van der Waals surface area contributed by atoms with E-state index >= 15 is 0 Å². The predicted octanol–water partition coefficient (Wildman–Crippen LogP) is 3.01. The van der Waals surface area contributed by atoms with Crippen LogP contribution < -0.4 is 14.5 Å². The lowest BCUT2D eigenvalue weighted by Crippen LogP contribution is -2.55. The van der Waals surface area contributed by atoms with Gasteiger partial charge in [-0.05, 0) is 45.0 Å².